The SMILES string of the molecule is O=C(c1cscn1)N1CCCC(Cc2ccccn2)C1. The van der Waals surface area contributed by atoms with Crippen molar-refractivity contribution in [3.05, 3.63) is 46.7 Å². The summed E-state index contributed by atoms with van der Waals surface area (Å²) in [7, 11) is 0. The lowest BCUT2D eigenvalue weighted by molar-refractivity contribution is 0.0667. The first kappa shape index (κ1) is 13.2. The Morgan fingerprint density at radius 1 is 1.40 bits per heavy atom. The van der Waals surface area contributed by atoms with Crippen molar-refractivity contribution in [2.45, 2.75) is 19.3 Å². The Hall–Kier alpha value is -1.75. The summed E-state index contributed by atoms with van der Waals surface area (Å²) in [5, 5.41) is 1.82. The van der Waals surface area contributed by atoms with Crippen molar-refractivity contribution in [1.29, 1.82) is 0 Å². The van der Waals surface area contributed by atoms with Gasteiger partial charge in [-0.05, 0) is 37.3 Å². The number of amides is 1. The molecule has 1 fully saturated rings. The minimum Gasteiger partial charge on any atom is -0.337 e. The Labute approximate surface area is 122 Å². The van der Waals surface area contributed by atoms with E-state index in [0.29, 0.717) is 11.6 Å². The lowest BCUT2D eigenvalue weighted by atomic mass is 9.93. The smallest absolute Gasteiger partial charge is 0.273 e. The number of likely N-dealkylation sites (tertiary alicyclic amines) is 1. The first-order valence-corrected chi connectivity index (χ1v) is 7.84. The molecule has 0 saturated carbocycles. The number of rotatable bonds is 3. The lowest BCUT2D eigenvalue weighted by Crippen LogP contribution is -2.40. The molecule has 104 valence electrons. The topological polar surface area (TPSA) is 46.1 Å². The van der Waals surface area contributed by atoms with Gasteiger partial charge in [-0.15, -0.1) is 11.3 Å². The van der Waals surface area contributed by atoms with Gasteiger partial charge in [-0.3, -0.25) is 9.78 Å². The van der Waals surface area contributed by atoms with Crippen LogP contribution in [0.4, 0.5) is 0 Å². The molecule has 0 radical (unpaired) electrons. The molecule has 1 unspecified atom stereocenters. The van der Waals surface area contributed by atoms with Gasteiger partial charge in [0.15, 0.2) is 0 Å². The second-order valence-corrected chi connectivity index (χ2v) is 5.88. The Kier molecular flexibility index (Phi) is 4.06. The molecule has 1 saturated heterocycles. The quantitative estimate of drug-likeness (QED) is 0.872. The van der Waals surface area contributed by atoms with Gasteiger partial charge < -0.3 is 4.90 Å². The number of hydrogen-bond donors (Lipinski definition) is 0. The van der Waals surface area contributed by atoms with Gasteiger partial charge in [-0.2, -0.15) is 0 Å². The van der Waals surface area contributed by atoms with E-state index in [-0.39, 0.29) is 5.91 Å². The Morgan fingerprint density at radius 2 is 2.35 bits per heavy atom. The van der Waals surface area contributed by atoms with Crippen LogP contribution in [0.1, 0.15) is 29.0 Å². The van der Waals surface area contributed by atoms with Gasteiger partial charge in [-0.1, -0.05) is 6.07 Å². The summed E-state index contributed by atoms with van der Waals surface area (Å²) >= 11 is 1.47. The second kappa shape index (κ2) is 6.13. The molecule has 3 rings (SSSR count). The highest BCUT2D eigenvalue weighted by Crippen LogP contribution is 2.21. The number of thiazole rings is 1. The zero-order valence-electron chi connectivity index (χ0n) is 11.2. The van der Waals surface area contributed by atoms with Gasteiger partial charge in [0.05, 0.1) is 5.51 Å². The molecule has 0 spiro atoms. The van der Waals surface area contributed by atoms with Crippen LogP contribution < -0.4 is 0 Å². The predicted octanol–water partition coefficient (Wildman–Crippen LogP) is 2.63. The summed E-state index contributed by atoms with van der Waals surface area (Å²) in [4.78, 5) is 22.7. The van der Waals surface area contributed by atoms with Crippen LogP contribution in [0.15, 0.2) is 35.3 Å². The average Bonchev–Trinajstić information content (AvgIpc) is 3.02. The third-order valence-corrected chi connectivity index (χ3v) is 4.27. The maximum Gasteiger partial charge on any atom is 0.273 e. The summed E-state index contributed by atoms with van der Waals surface area (Å²) in [6.07, 6.45) is 5.00. The van der Waals surface area contributed by atoms with Crippen LogP contribution in [-0.2, 0) is 6.42 Å². The van der Waals surface area contributed by atoms with E-state index in [1.165, 1.54) is 11.3 Å². The van der Waals surface area contributed by atoms with Crippen molar-refractivity contribution in [1.82, 2.24) is 14.9 Å². The minimum atomic E-state index is 0.0666. The van der Waals surface area contributed by atoms with E-state index in [9.17, 15) is 4.79 Å². The number of piperidine rings is 1. The van der Waals surface area contributed by atoms with Gasteiger partial charge in [0.2, 0.25) is 0 Å². The number of aromatic nitrogens is 2. The molecule has 1 atom stereocenters. The van der Waals surface area contributed by atoms with Crippen LogP contribution in [0.3, 0.4) is 0 Å². The maximum atomic E-state index is 12.3. The van der Waals surface area contributed by atoms with E-state index in [1.54, 1.807) is 5.51 Å². The molecule has 1 aliphatic rings. The Balaban J connectivity index is 1.63. The first-order valence-electron chi connectivity index (χ1n) is 6.90. The van der Waals surface area contributed by atoms with Crippen LogP contribution in [-0.4, -0.2) is 33.9 Å². The van der Waals surface area contributed by atoms with Crippen LogP contribution in [0.25, 0.3) is 0 Å². The van der Waals surface area contributed by atoms with E-state index in [0.717, 1.165) is 38.0 Å². The Morgan fingerprint density at radius 3 is 3.10 bits per heavy atom. The van der Waals surface area contributed by atoms with E-state index < -0.39 is 0 Å². The van der Waals surface area contributed by atoms with Crippen LogP contribution in [0.2, 0.25) is 0 Å². The highest BCUT2D eigenvalue weighted by molar-refractivity contribution is 7.07. The average molecular weight is 287 g/mol. The van der Waals surface area contributed by atoms with Crippen molar-refractivity contribution in [2.24, 2.45) is 5.92 Å². The third-order valence-electron chi connectivity index (χ3n) is 3.68. The molecular formula is C15H17N3OS. The molecule has 0 bridgehead atoms. The highest BCUT2D eigenvalue weighted by Gasteiger charge is 2.25. The van der Waals surface area contributed by atoms with Gasteiger partial charge in [0, 0.05) is 30.4 Å². The van der Waals surface area contributed by atoms with E-state index >= 15 is 0 Å². The van der Waals surface area contributed by atoms with Crippen LogP contribution in [0.5, 0.6) is 0 Å². The standard InChI is InChI=1S/C15H17N3OS/c19-15(14-10-20-11-17-14)18-7-3-4-12(9-18)8-13-5-1-2-6-16-13/h1-2,5-6,10-12H,3-4,7-9H2. The van der Waals surface area contributed by atoms with Gasteiger partial charge in [0.1, 0.15) is 5.69 Å². The Bertz CT molecular complexity index is 556. The zero-order valence-corrected chi connectivity index (χ0v) is 12.1. The van der Waals surface area contributed by atoms with Crippen LogP contribution >= 0.6 is 11.3 Å². The molecular weight excluding hydrogens is 270 g/mol. The number of carbonyl (C=O) groups is 1. The normalized spacial score (nSPS) is 19.0. The number of hydrogen-bond acceptors (Lipinski definition) is 4. The summed E-state index contributed by atoms with van der Waals surface area (Å²) < 4.78 is 0. The largest absolute Gasteiger partial charge is 0.337 e. The van der Waals surface area contributed by atoms with Crippen molar-refractivity contribution >= 4 is 17.2 Å². The summed E-state index contributed by atoms with van der Waals surface area (Å²) in [5.74, 6) is 0.568. The van der Waals surface area contributed by atoms with Crippen molar-refractivity contribution in [3.8, 4) is 0 Å². The molecule has 4 nitrogen and oxygen atoms in total. The van der Waals surface area contributed by atoms with Crippen molar-refractivity contribution < 1.29 is 4.79 Å². The number of nitrogens with zero attached hydrogens (tertiary/aromatic N) is 3. The van der Waals surface area contributed by atoms with E-state index in [1.807, 2.05) is 28.6 Å². The molecule has 2 aromatic heterocycles. The first-order chi connectivity index (χ1) is 9.83. The van der Waals surface area contributed by atoms with Gasteiger partial charge >= 0.3 is 0 Å². The maximum absolute atomic E-state index is 12.3. The lowest BCUT2D eigenvalue weighted by Gasteiger charge is -2.32. The van der Waals surface area contributed by atoms with Crippen molar-refractivity contribution in [2.75, 3.05) is 13.1 Å². The molecule has 5 heteroatoms. The molecule has 20 heavy (non-hydrogen) atoms. The highest BCUT2D eigenvalue weighted by atomic mass is 32.1. The fourth-order valence-electron chi connectivity index (χ4n) is 2.71. The predicted molar refractivity (Wildman–Crippen MR) is 78.7 cm³/mol. The summed E-state index contributed by atoms with van der Waals surface area (Å²) in [6.45, 7) is 1.65. The monoisotopic (exact) mass is 287 g/mol. The fraction of sp³-hybridized carbons (Fsp3) is 0.400. The molecule has 0 aromatic carbocycles. The molecule has 2 aromatic rings. The van der Waals surface area contributed by atoms with E-state index in [2.05, 4.69) is 16.0 Å². The fourth-order valence-corrected chi connectivity index (χ4v) is 3.24. The zero-order chi connectivity index (χ0) is 13.8. The minimum absolute atomic E-state index is 0.0666. The molecule has 1 amide bonds. The summed E-state index contributed by atoms with van der Waals surface area (Å²) in [6, 6.07) is 6.01. The van der Waals surface area contributed by atoms with Crippen molar-refractivity contribution in [3.63, 3.8) is 0 Å². The molecule has 1 aliphatic heterocycles. The molecule has 0 N–H and O–H groups in total. The van der Waals surface area contributed by atoms with Crippen LogP contribution in [0, 0.1) is 5.92 Å². The van der Waals surface area contributed by atoms with Gasteiger partial charge in [-0.25, -0.2) is 4.98 Å². The number of carbonyl (C=O) groups excluding carboxylic acids is 1. The molecule has 3 heterocycles. The third kappa shape index (κ3) is 3.04. The number of pyridine rings is 1. The van der Waals surface area contributed by atoms with Gasteiger partial charge in [0.25, 0.3) is 5.91 Å². The summed E-state index contributed by atoms with van der Waals surface area (Å²) in [5.41, 5.74) is 3.40. The second-order valence-electron chi connectivity index (χ2n) is 5.16. The van der Waals surface area contributed by atoms with E-state index in [4.69, 9.17) is 0 Å². The molecule has 0 aliphatic carbocycles.